The summed E-state index contributed by atoms with van der Waals surface area (Å²) in [6, 6.07) is 15.3. The van der Waals surface area contributed by atoms with E-state index >= 15 is 0 Å². The lowest BCUT2D eigenvalue weighted by molar-refractivity contribution is -0.125. The van der Waals surface area contributed by atoms with Crippen LogP contribution in [0.3, 0.4) is 0 Å². The van der Waals surface area contributed by atoms with Gasteiger partial charge in [-0.25, -0.2) is 0 Å². The largest absolute Gasteiger partial charge is 0.485 e. The van der Waals surface area contributed by atoms with Crippen LogP contribution in [0.5, 0.6) is 11.5 Å². The van der Waals surface area contributed by atoms with Gasteiger partial charge in [-0.3, -0.25) is 10.1 Å². The zero-order valence-electron chi connectivity index (χ0n) is 14.1. The van der Waals surface area contributed by atoms with Crippen LogP contribution in [-0.2, 0) is 11.2 Å². The third-order valence-corrected chi connectivity index (χ3v) is 3.97. The van der Waals surface area contributed by atoms with Crippen molar-refractivity contribution in [3.05, 3.63) is 65.5 Å². The molecular weight excluding hydrogens is 334 g/mol. The minimum Gasteiger partial charge on any atom is -0.485 e. The molecule has 1 amide bonds. The van der Waals surface area contributed by atoms with E-state index in [1.54, 1.807) is 12.1 Å². The van der Waals surface area contributed by atoms with Crippen molar-refractivity contribution < 1.29 is 18.7 Å². The highest BCUT2D eigenvalue weighted by atomic mass is 16.6. The van der Waals surface area contributed by atoms with Crippen LogP contribution in [0.2, 0.25) is 0 Å². The summed E-state index contributed by atoms with van der Waals surface area (Å²) in [6.07, 6.45) is -0.281. The van der Waals surface area contributed by atoms with Crippen molar-refractivity contribution in [2.24, 2.45) is 0 Å². The predicted octanol–water partition coefficient (Wildman–Crippen LogP) is 2.75. The van der Waals surface area contributed by atoms with Gasteiger partial charge in [0.15, 0.2) is 11.5 Å². The van der Waals surface area contributed by atoms with Gasteiger partial charge >= 0.3 is 6.01 Å². The Morgan fingerprint density at radius 2 is 1.88 bits per heavy atom. The molecule has 7 nitrogen and oxygen atoms in total. The molecule has 1 aromatic heterocycles. The zero-order valence-corrected chi connectivity index (χ0v) is 14.1. The summed E-state index contributed by atoms with van der Waals surface area (Å²) in [5, 5.41) is 10.4. The summed E-state index contributed by atoms with van der Waals surface area (Å²) in [4.78, 5) is 12.3. The molecule has 3 aromatic rings. The molecule has 0 saturated carbocycles. The third kappa shape index (κ3) is 3.51. The van der Waals surface area contributed by atoms with Crippen molar-refractivity contribution in [1.82, 2.24) is 10.2 Å². The number of anilines is 1. The number of fused-ring (bicyclic) bond motifs is 1. The molecule has 2 heterocycles. The molecule has 1 aliphatic heterocycles. The standard InChI is InChI=1S/C19H17N3O4/c1-12-6-8-13(9-7-12)10-17-21-22-19(26-17)20-18(23)16-11-24-14-4-2-3-5-15(14)25-16/h2-9,16H,10-11H2,1H3,(H,20,22,23). The molecule has 1 atom stereocenters. The molecule has 7 heteroatoms. The van der Waals surface area contributed by atoms with Gasteiger partial charge in [-0.15, -0.1) is 5.10 Å². The highest BCUT2D eigenvalue weighted by Gasteiger charge is 2.28. The molecule has 0 fully saturated rings. The Balaban J connectivity index is 1.38. The fraction of sp³-hybridized carbons (Fsp3) is 0.211. The van der Waals surface area contributed by atoms with Gasteiger partial charge in [0.25, 0.3) is 5.91 Å². The first-order valence-electron chi connectivity index (χ1n) is 8.24. The maximum atomic E-state index is 12.3. The lowest BCUT2D eigenvalue weighted by Gasteiger charge is -2.24. The molecule has 1 N–H and O–H groups in total. The number of ether oxygens (including phenoxy) is 2. The molecule has 0 radical (unpaired) electrons. The maximum absolute atomic E-state index is 12.3. The predicted molar refractivity (Wildman–Crippen MR) is 93.3 cm³/mol. The van der Waals surface area contributed by atoms with Gasteiger partial charge in [-0.05, 0) is 24.6 Å². The molecule has 0 bridgehead atoms. The van der Waals surface area contributed by atoms with E-state index in [4.69, 9.17) is 13.9 Å². The Kier molecular flexibility index (Phi) is 4.27. The van der Waals surface area contributed by atoms with E-state index in [9.17, 15) is 4.79 Å². The Labute approximate surface area is 150 Å². The van der Waals surface area contributed by atoms with E-state index in [1.807, 2.05) is 43.3 Å². The number of carbonyl (C=O) groups excluding carboxylic acids is 1. The van der Waals surface area contributed by atoms with Crippen molar-refractivity contribution in [2.45, 2.75) is 19.4 Å². The first kappa shape index (κ1) is 16.1. The molecule has 4 rings (SSSR count). The Bertz CT molecular complexity index is 921. The average Bonchev–Trinajstić information content (AvgIpc) is 3.10. The summed E-state index contributed by atoms with van der Waals surface area (Å²) in [7, 11) is 0. The van der Waals surface area contributed by atoms with Crippen molar-refractivity contribution in [1.29, 1.82) is 0 Å². The highest BCUT2D eigenvalue weighted by Crippen LogP contribution is 2.31. The topological polar surface area (TPSA) is 86.5 Å². The smallest absolute Gasteiger partial charge is 0.322 e. The van der Waals surface area contributed by atoms with E-state index in [0.29, 0.717) is 23.8 Å². The summed E-state index contributed by atoms with van der Waals surface area (Å²) >= 11 is 0. The number of nitrogens with one attached hydrogen (secondary N) is 1. The van der Waals surface area contributed by atoms with Gasteiger partial charge in [0.2, 0.25) is 12.0 Å². The Morgan fingerprint density at radius 1 is 1.12 bits per heavy atom. The summed E-state index contributed by atoms with van der Waals surface area (Å²) < 4.78 is 16.7. The summed E-state index contributed by atoms with van der Waals surface area (Å²) in [5.41, 5.74) is 2.24. The third-order valence-electron chi connectivity index (χ3n) is 3.97. The van der Waals surface area contributed by atoms with E-state index in [1.165, 1.54) is 5.56 Å². The second-order valence-electron chi connectivity index (χ2n) is 6.02. The van der Waals surface area contributed by atoms with Crippen LogP contribution in [0.25, 0.3) is 0 Å². The number of benzene rings is 2. The highest BCUT2D eigenvalue weighted by molar-refractivity contribution is 5.92. The average molecular weight is 351 g/mol. The van der Waals surface area contributed by atoms with Crippen LogP contribution in [0.4, 0.5) is 6.01 Å². The fourth-order valence-electron chi connectivity index (χ4n) is 2.59. The molecule has 1 unspecified atom stereocenters. The number of aryl methyl sites for hydroxylation is 1. The van der Waals surface area contributed by atoms with E-state index in [0.717, 1.165) is 5.56 Å². The van der Waals surface area contributed by atoms with Gasteiger partial charge in [0, 0.05) is 0 Å². The molecule has 1 aliphatic rings. The second-order valence-corrected chi connectivity index (χ2v) is 6.02. The fourth-order valence-corrected chi connectivity index (χ4v) is 2.59. The van der Waals surface area contributed by atoms with E-state index in [2.05, 4.69) is 15.5 Å². The van der Waals surface area contributed by atoms with Crippen molar-refractivity contribution >= 4 is 11.9 Å². The number of aromatic nitrogens is 2. The van der Waals surface area contributed by atoms with Crippen molar-refractivity contribution in [3.8, 4) is 11.5 Å². The minimum absolute atomic E-state index is 0.0413. The molecule has 132 valence electrons. The monoisotopic (exact) mass is 351 g/mol. The number of hydrogen-bond acceptors (Lipinski definition) is 6. The summed E-state index contributed by atoms with van der Waals surface area (Å²) in [5.74, 6) is 1.18. The number of para-hydroxylation sites is 2. The first-order valence-corrected chi connectivity index (χ1v) is 8.24. The van der Waals surface area contributed by atoms with Gasteiger partial charge < -0.3 is 13.9 Å². The SMILES string of the molecule is Cc1ccc(Cc2nnc(NC(=O)C3COc4ccccc4O3)o2)cc1. The molecular formula is C19H17N3O4. The van der Waals surface area contributed by atoms with Crippen LogP contribution < -0.4 is 14.8 Å². The van der Waals surface area contributed by atoms with Crippen molar-refractivity contribution in [2.75, 3.05) is 11.9 Å². The van der Waals surface area contributed by atoms with Crippen LogP contribution in [0.1, 0.15) is 17.0 Å². The number of nitrogens with zero attached hydrogens (tertiary/aromatic N) is 2. The second kappa shape index (κ2) is 6.87. The van der Waals surface area contributed by atoms with Crippen LogP contribution in [-0.4, -0.2) is 28.8 Å². The molecule has 2 aromatic carbocycles. The molecule has 0 aliphatic carbocycles. The number of carbonyl (C=O) groups is 1. The lowest BCUT2D eigenvalue weighted by Crippen LogP contribution is -2.40. The maximum Gasteiger partial charge on any atom is 0.322 e. The van der Waals surface area contributed by atoms with E-state index < -0.39 is 12.0 Å². The Morgan fingerprint density at radius 3 is 2.69 bits per heavy atom. The van der Waals surface area contributed by atoms with Crippen LogP contribution >= 0.6 is 0 Å². The Hall–Kier alpha value is -3.35. The first-order chi connectivity index (χ1) is 12.7. The molecule has 0 saturated heterocycles. The number of rotatable bonds is 4. The van der Waals surface area contributed by atoms with Crippen LogP contribution in [0, 0.1) is 6.92 Å². The number of hydrogen-bond donors (Lipinski definition) is 1. The van der Waals surface area contributed by atoms with Gasteiger partial charge in [-0.1, -0.05) is 47.1 Å². The normalized spacial score (nSPS) is 15.5. The summed E-state index contributed by atoms with van der Waals surface area (Å²) in [6.45, 7) is 2.15. The van der Waals surface area contributed by atoms with Gasteiger partial charge in [-0.2, -0.15) is 0 Å². The van der Waals surface area contributed by atoms with E-state index in [-0.39, 0.29) is 12.6 Å². The van der Waals surface area contributed by atoms with Gasteiger partial charge in [0.05, 0.1) is 6.42 Å². The minimum atomic E-state index is -0.780. The molecule has 0 spiro atoms. The quantitative estimate of drug-likeness (QED) is 0.778. The van der Waals surface area contributed by atoms with Crippen molar-refractivity contribution in [3.63, 3.8) is 0 Å². The zero-order chi connectivity index (χ0) is 17.9. The number of amides is 1. The van der Waals surface area contributed by atoms with Crippen LogP contribution in [0.15, 0.2) is 52.9 Å². The lowest BCUT2D eigenvalue weighted by atomic mass is 10.1. The molecule has 26 heavy (non-hydrogen) atoms. The van der Waals surface area contributed by atoms with Gasteiger partial charge in [0.1, 0.15) is 6.61 Å².